The Bertz CT molecular complexity index is 52.4. The molecule has 1 nitrogen and oxygen atoms in total. The van der Waals surface area contributed by atoms with Gasteiger partial charge in [0.15, 0.2) is 0 Å². The Hall–Kier alpha value is -0.251. The molecule has 0 aromatic rings. The predicted molar refractivity (Wildman–Crippen MR) is 15.8 cm³/mol. The molecule has 0 fully saturated rings. The van der Waals surface area contributed by atoms with Gasteiger partial charge in [-0.3, -0.25) is 0 Å². The van der Waals surface area contributed by atoms with E-state index < -0.39 is 0 Å². The van der Waals surface area contributed by atoms with Gasteiger partial charge in [0, 0.05) is 6.08 Å². The van der Waals surface area contributed by atoms with Crippen molar-refractivity contribution in [2.45, 2.75) is 0 Å². The molecule has 0 atom stereocenters. The molecule has 30 valence electrons. The fourth-order valence-electron chi connectivity index (χ4n) is 0. The van der Waals surface area contributed by atoms with Crippen LogP contribution in [0.25, 0.3) is 0 Å². The molecular formula is C3H3CuN+. The number of allylic oxidation sites excluding steroid dienone is 1. The van der Waals surface area contributed by atoms with Gasteiger partial charge in [-0.25, -0.2) is 0 Å². The van der Waals surface area contributed by atoms with E-state index in [1.165, 1.54) is 6.08 Å². The number of hydrogen-bond donors (Lipinski definition) is 0. The Morgan fingerprint density at radius 1 is 1.80 bits per heavy atom. The van der Waals surface area contributed by atoms with Crippen LogP contribution < -0.4 is 0 Å². The summed E-state index contributed by atoms with van der Waals surface area (Å²) in [5.74, 6) is 0. The molecular weight excluding hydrogens is 114 g/mol. The topological polar surface area (TPSA) is 23.8 Å². The molecule has 0 aromatic heterocycles. The Morgan fingerprint density at radius 3 is 2.00 bits per heavy atom. The number of nitriles is 1. The van der Waals surface area contributed by atoms with Crippen LogP contribution in [0.5, 0.6) is 0 Å². The minimum absolute atomic E-state index is 0. The van der Waals surface area contributed by atoms with E-state index in [0.717, 1.165) is 0 Å². The zero-order valence-electron chi connectivity index (χ0n) is 2.53. The van der Waals surface area contributed by atoms with Crippen LogP contribution in [0.15, 0.2) is 12.7 Å². The van der Waals surface area contributed by atoms with Gasteiger partial charge in [0.25, 0.3) is 0 Å². The normalized spacial score (nSPS) is 3.00. The third kappa shape index (κ3) is 20.4. The van der Waals surface area contributed by atoms with E-state index in [0.29, 0.717) is 0 Å². The summed E-state index contributed by atoms with van der Waals surface area (Å²) in [5, 5.41) is 7.51. The summed E-state index contributed by atoms with van der Waals surface area (Å²) >= 11 is 0. The predicted octanol–water partition coefficient (Wildman–Crippen LogP) is 0.693. The molecule has 0 aliphatic heterocycles. The molecule has 0 unspecified atom stereocenters. The third-order valence-corrected chi connectivity index (χ3v) is 0.0913. The zero-order valence-corrected chi connectivity index (χ0v) is 3.47. The summed E-state index contributed by atoms with van der Waals surface area (Å²) in [5.41, 5.74) is 0. The second-order valence-electron chi connectivity index (χ2n) is 0.333. The molecule has 0 radical (unpaired) electrons. The molecule has 0 rings (SSSR count). The van der Waals surface area contributed by atoms with Crippen LogP contribution in [0.1, 0.15) is 0 Å². The van der Waals surface area contributed by atoms with Crippen LogP contribution in [0.3, 0.4) is 0 Å². The van der Waals surface area contributed by atoms with E-state index in [2.05, 4.69) is 6.58 Å². The largest absolute Gasteiger partial charge is 1.00 e. The van der Waals surface area contributed by atoms with Crippen molar-refractivity contribution in [1.82, 2.24) is 0 Å². The van der Waals surface area contributed by atoms with Gasteiger partial charge in [0.1, 0.15) is 0 Å². The molecule has 0 aliphatic rings. The summed E-state index contributed by atoms with van der Waals surface area (Å²) in [6.07, 6.45) is 1.18. The summed E-state index contributed by atoms with van der Waals surface area (Å²) < 4.78 is 0. The quantitative estimate of drug-likeness (QED) is 0.338. The minimum atomic E-state index is 0. The Balaban J connectivity index is 0. The molecule has 5 heavy (non-hydrogen) atoms. The van der Waals surface area contributed by atoms with Gasteiger partial charge in [0.05, 0.1) is 6.07 Å². The van der Waals surface area contributed by atoms with Crippen LogP contribution >= 0.6 is 0 Å². The maximum absolute atomic E-state index is 7.51. The van der Waals surface area contributed by atoms with Crippen molar-refractivity contribution in [3.8, 4) is 6.07 Å². The van der Waals surface area contributed by atoms with E-state index in [4.69, 9.17) is 5.26 Å². The first kappa shape index (κ1) is 8.83. The molecule has 0 saturated heterocycles. The Labute approximate surface area is 41.8 Å². The van der Waals surface area contributed by atoms with Crippen molar-refractivity contribution >= 4 is 0 Å². The monoisotopic (exact) mass is 116 g/mol. The first-order valence-electron chi connectivity index (χ1n) is 0.921. The third-order valence-electron chi connectivity index (χ3n) is 0.0913. The van der Waals surface area contributed by atoms with E-state index in [1.807, 2.05) is 0 Å². The Morgan fingerprint density at radius 2 is 2.00 bits per heavy atom. The van der Waals surface area contributed by atoms with E-state index in [1.54, 1.807) is 6.07 Å². The number of nitrogens with zero attached hydrogens (tertiary/aromatic N) is 1. The van der Waals surface area contributed by atoms with Crippen LogP contribution in [0.2, 0.25) is 0 Å². The smallest absolute Gasteiger partial charge is 0.193 e. The van der Waals surface area contributed by atoms with Gasteiger partial charge in [-0.05, 0) is 0 Å². The molecule has 0 saturated carbocycles. The van der Waals surface area contributed by atoms with Crippen molar-refractivity contribution in [3.05, 3.63) is 12.7 Å². The summed E-state index contributed by atoms with van der Waals surface area (Å²) in [6, 6.07) is 1.69. The van der Waals surface area contributed by atoms with E-state index >= 15 is 0 Å². The van der Waals surface area contributed by atoms with Gasteiger partial charge >= 0.3 is 17.1 Å². The molecule has 0 heterocycles. The second-order valence-corrected chi connectivity index (χ2v) is 0.333. The van der Waals surface area contributed by atoms with Crippen molar-refractivity contribution in [2.75, 3.05) is 0 Å². The van der Waals surface area contributed by atoms with Crippen molar-refractivity contribution in [1.29, 1.82) is 5.26 Å². The molecule has 0 bridgehead atoms. The van der Waals surface area contributed by atoms with Crippen molar-refractivity contribution < 1.29 is 17.1 Å². The van der Waals surface area contributed by atoms with Crippen LogP contribution in [0, 0.1) is 11.3 Å². The average Bonchev–Trinajstić information content (AvgIpc) is 1.37. The molecule has 0 amide bonds. The van der Waals surface area contributed by atoms with Gasteiger partial charge in [-0.15, -0.1) is 0 Å². The molecule has 0 N–H and O–H groups in total. The molecule has 0 aromatic carbocycles. The van der Waals surface area contributed by atoms with Gasteiger partial charge in [-0.1, -0.05) is 6.58 Å². The molecule has 2 heteroatoms. The van der Waals surface area contributed by atoms with Crippen LogP contribution in [0.4, 0.5) is 0 Å². The fourth-order valence-corrected chi connectivity index (χ4v) is 0. The molecule has 0 spiro atoms. The van der Waals surface area contributed by atoms with Gasteiger partial charge < -0.3 is 0 Å². The summed E-state index contributed by atoms with van der Waals surface area (Å²) in [4.78, 5) is 0. The fraction of sp³-hybridized carbons (Fsp3) is 0. The van der Waals surface area contributed by atoms with Gasteiger partial charge in [-0.2, -0.15) is 5.26 Å². The SMILES string of the molecule is C=CC#N.[Cu+]. The summed E-state index contributed by atoms with van der Waals surface area (Å²) in [6.45, 7) is 3.12. The first-order valence-corrected chi connectivity index (χ1v) is 0.921. The van der Waals surface area contributed by atoms with Crippen LogP contribution in [-0.2, 0) is 17.1 Å². The van der Waals surface area contributed by atoms with Crippen molar-refractivity contribution in [2.24, 2.45) is 0 Å². The van der Waals surface area contributed by atoms with E-state index in [9.17, 15) is 0 Å². The average molecular weight is 117 g/mol. The first-order chi connectivity index (χ1) is 1.91. The van der Waals surface area contributed by atoms with Crippen LogP contribution in [-0.4, -0.2) is 0 Å². The van der Waals surface area contributed by atoms with E-state index in [-0.39, 0.29) is 17.1 Å². The summed E-state index contributed by atoms with van der Waals surface area (Å²) in [7, 11) is 0. The number of hydrogen-bond acceptors (Lipinski definition) is 1. The number of rotatable bonds is 0. The second kappa shape index (κ2) is 9.26. The maximum Gasteiger partial charge on any atom is 1.00 e. The molecule has 0 aliphatic carbocycles. The maximum atomic E-state index is 7.51. The van der Waals surface area contributed by atoms with Gasteiger partial charge in [0.2, 0.25) is 0 Å². The minimum Gasteiger partial charge on any atom is -0.193 e. The van der Waals surface area contributed by atoms with Crippen molar-refractivity contribution in [3.63, 3.8) is 0 Å². The standard InChI is InChI=1S/C3H3N.Cu/c1-2-3-4;/h2H,1H2;/q;+1. The Kier molecular flexibility index (Phi) is 16.4. The zero-order chi connectivity index (χ0) is 3.41.